The lowest BCUT2D eigenvalue weighted by atomic mass is 10.3. The Balaban J connectivity index is 2.40. The molecule has 0 bridgehead atoms. The van der Waals surface area contributed by atoms with Crippen molar-refractivity contribution in [2.75, 3.05) is 6.54 Å². The van der Waals surface area contributed by atoms with Crippen molar-refractivity contribution in [3.8, 4) is 0 Å². The van der Waals surface area contributed by atoms with E-state index in [0.29, 0.717) is 18.9 Å². The molecule has 0 unspecified atom stereocenters. The summed E-state index contributed by atoms with van der Waals surface area (Å²) >= 11 is 0. The summed E-state index contributed by atoms with van der Waals surface area (Å²) in [7, 11) is -4.21. The van der Waals surface area contributed by atoms with Crippen LogP contribution in [0.25, 0.3) is 0 Å². The summed E-state index contributed by atoms with van der Waals surface area (Å²) in [6.07, 6.45) is 1.06. The quantitative estimate of drug-likeness (QED) is 0.617. The highest BCUT2D eigenvalue weighted by molar-refractivity contribution is 7.89. The van der Waals surface area contributed by atoms with Crippen LogP contribution in [0.2, 0.25) is 0 Å². The molecule has 0 heterocycles. The normalized spacial score (nSPS) is 15.1. The van der Waals surface area contributed by atoms with Gasteiger partial charge in [-0.3, -0.25) is 14.9 Å². The minimum atomic E-state index is -4.21. The van der Waals surface area contributed by atoms with Crippen LogP contribution in [-0.2, 0) is 14.8 Å². The highest BCUT2D eigenvalue weighted by Crippen LogP contribution is 2.32. The van der Waals surface area contributed by atoms with Crippen LogP contribution in [0.15, 0.2) is 23.1 Å². The average molecular weight is 318 g/mol. The number of aliphatic carboxylic acids is 1. The molecule has 0 atom stereocenters. The van der Waals surface area contributed by atoms with Crippen molar-refractivity contribution < 1.29 is 27.6 Å². The largest absolute Gasteiger partial charge is 0.480 e. The Kier molecular flexibility index (Phi) is 3.92. The predicted octanol–water partition coefficient (Wildman–Crippen LogP) is 0.972. The van der Waals surface area contributed by atoms with Crippen LogP contribution < -0.4 is 0 Å². The number of nitro benzene ring substituents is 1. The van der Waals surface area contributed by atoms with Crippen LogP contribution in [0, 0.1) is 15.9 Å². The lowest BCUT2D eigenvalue weighted by Gasteiger charge is -2.19. The molecule has 1 aromatic rings. The molecule has 0 aliphatic heterocycles. The van der Waals surface area contributed by atoms with Gasteiger partial charge in [0.25, 0.3) is 0 Å². The number of nitrogens with zero attached hydrogens (tertiary/aromatic N) is 2. The first-order valence-electron chi connectivity index (χ1n) is 5.91. The number of rotatable bonds is 6. The van der Waals surface area contributed by atoms with Gasteiger partial charge in [-0.2, -0.15) is 8.70 Å². The Bertz CT molecular complexity index is 701. The lowest BCUT2D eigenvalue weighted by Crippen LogP contribution is -2.37. The van der Waals surface area contributed by atoms with Crippen LogP contribution in [0.5, 0.6) is 0 Å². The van der Waals surface area contributed by atoms with Crippen molar-refractivity contribution in [1.82, 2.24) is 4.31 Å². The van der Waals surface area contributed by atoms with E-state index in [0.717, 1.165) is 16.4 Å². The maximum atomic E-state index is 13.5. The smallest absolute Gasteiger partial charge is 0.318 e. The van der Waals surface area contributed by atoms with Crippen molar-refractivity contribution in [2.24, 2.45) is 0 Å². The van der Waals surface area contributed by atoms with E-state index >= 15 is 0 Å². The molecular formula is C11H11FN2O6S. The number of halogens is 1. The standard InChI is InChI=1S/C11H11FN2O6S/c12-9-5-8(3-4-10(9)14(17)18)21(19,20)13(6-11(15)16)7-1-2-7/h3-5,7H,1-2,6H2,(H,15,16). The summed E-state index contributed by atoms with van der Waals surface area (Å²) in [5.74, 6) is -2.61. The first-order chi connectivity index (χ1) is 9.73. The predicted molar refractivity (Wildman–Crippen MR) is 67.6 cm³/mol. The number of sulfonamides is 1. The lowest BCUT2D eigenvalue weighted by molar-refractivity contribution is -0.387. The van der Waals surface area contributed by atoms with E-state index in [1.807, 2.05) is 0 Å². The van der Waals surface area contributed by atoms with E-state index in [1.165, 1.54) is 0 Å². The van der Waals surface area contributed by atoms with Crippen LogP contribution in [0.3, 0.4) is 0 Å². The van der Waals surface area contributed by atoms with E-state index in [9.17, 15) is 27.7 Å². The second kappa shape index (κ2) is 5.37. The van der Waals surface area contributed by atoms with Gasteiger partial charge < -0.3 is 5.11 Å². The number of carboxylic acids is 1. The van der Waals surface area contributed by atoms with Gasteiger partial charge in [0.2, 0.25) is 15.8 Å². The fourth-order valence-electron chi connectivity index (χ4n) is 1.84. The Labute approximate surface area is 119 Å². The maximum absolute atomic E-state index is 13.5. The second-order valence-corrected chi connectivity index (χ2v) is 6.44. The minimum Gasteiger partial charge on any atom is -0.480 e. The monoisotopic (exact) mass is 318 g/mol. The number of hydrogen-bond acceptors (Lipinski definition) is 5. The first kappa shape index (κ1) is 15.3. The van der Waals surface area contributed by atoms with E-state index < -0.39 is 49.9 Å². The molecule has 0 saturated heterocycles. The summed E-state index contributed by atoms with van der Waals surface area (Å²) in [5, 5.41) is 19.3. The van der Waals surface area contributed by atoms with Gasteiger partial charge in [0.05, 0.1) is 9.82 Å². The molecule has 10 heteroatoms. The summed E-state index contributed by atoms with van der Waals surface area (Å²) in [6.45, 7) is -0.731. The summed E-state index contributed by atoms with van der Waals surface area (Å²) in [5.41, 5.74) is -0.842. The van der Waals surface area contributed by atoms with Crippen LogP contribution >= 0.6 is 0 Å². The van der Waals surface area contributed by atoms with Gasteiger partial charge in [-0.05, 0) is 18.9 Å². The molecule has 0 aromatic heterocycles. The number of carbonyl (C=O) groups is 1. The third-order valence-corrected chi connectivity index (χ3v) is 4.86. The van der Waals surface area contributed by atoms with Gasteiger partial charge in [-0.15, -0.1) is 0 Å². The van der Waals surface area contributed by atoms with Crippen LogP contribution in [0.4, 0.5) is 10.1 Å². The summed E-state index contributed by atoms with van der Waals surface area (Å²) in [4.78, 5) is 19.8. The zero-order valence-electron chi connectivity index (χ0n) is 10.6. The third kappa shape index (κ3) is 3.16. The average Bonchev–Trinajstić information content (AvgIpc) is 3.19. The molecule has 0 radical (unpaired) electrons. The number of nitro groups is 1. The molecule has 2 rings (SSSR count). The Morgan fingerprint density at radius 3 is 2.52 bits per heavy atom. The van der Waals surface area contributed by atoms with Crippen molar-refractivity contribution in [3.05, 3.63) is 34.1 Å². The topological polar surface area (TPSA) is 118 Å². The number of benzene rings is 1. The molecule has 8 nitrogen and oxygen atoms in total. The molecular weight excluding hydrogens is 307 g/mol. The molecule has 114 valence electrons. The molecule has 1 fully saturated rings. The zero-order valence-corrected chi connectivity index (χ0v) is 11.4. The second-order valence-electron chi connectivity index (χ2n) is 4.55. The van der Waals surface area contributed by atoms with Gasteiger partial charge in [0, 0.05) is 18.2 Å². The third-order valence-electron chi connectivity index (χ3n) is 2.97. The van der Waals surface area contributed by atoms with Crippen LogP contribution in [0.1, 0.15) is 12.8 Å². The fourth-order valence-corrected chi connectivity index (χ4v) is 3.48. The Morgan fingerprint density at radius 1 is 1.48 bits per heavy atom. The molecule has 1 aromatic carbocycles. The molecule has 0 amide bonds. The molecule has 21 heavy (non-hydrogen) atoms. The van der Waals surface area contributed by atoms with E-state index in [-0.39, 0.29) is 0 Å². The summed E-state index contributed by atoms with van der Waals surface area (Å²) < 4.78 is 38.9. The van der Waals surface area contributed by atoms with E-state index in [4.69, 9.17) is 5.11 Å². The number of carboxylic acid groups (broad SMARTS) is 1. The van der Waals surface area contributed by atoms with Gasteiger partial charge in [0.1, 0.15) is 6.54 Å². The van der Waals surface area contributed by atoms with Gasteiger partial charge in [-0.1, -0.05) is 0 Å². The molecule has 1 aliphatic rings. The number of hydrogen-bond donors (Lipinski definition) is 1. The highest BCUT2D eigenvalue weighted by atomic mass is 32.2. The van der Waals surface area contributed by atoms with Crippen molar-refractivity contribution >= 4 is 21.7 Å². The van der Waals surface area contributed by atoms with Crippen molar-refractivity contribution in [3.63, 3.8) is 0 Å². The maximum Gasteiger partial charge on any atom is 0.318 e. The Hall–Kier alpha value is -2.07. The fraction of sp³-hybridized carbons (Fsp3) is 0.364. The van der Waals surface area contributed by atoms with Crippen molar-refractivity contribution in [2.45, 2.75) is 23.8 Å². The highest BCUT2D eigenvalue weighted by Gasteiger charge is 2.39. The van der Waals surface area contributed by atoms with Gasteiger partial charge in [-0.25, -0.2) is 8.42 Å². The van der Waals surface area contributed by atoms with Gasteiger partial charge in [0.15, 0.2) is 0 Å². The van der Waals surface area contributed by atoms with E-state index in [1.54, 1.807) is 0 Å². The molecule has 1 saturated carbocycles. The van der Waals surface area contributed by atoms with Crippen LogP contribution in [-0.4, -0.2) is 41.3 Å². The summed E-state index contributed by atoms with van der Waals surface area (Å²) in [6, 6.07) is 1.75. The zero-order chi connectivity index (χ0) is 15.8. The Morgan fingerprint density at radius 2 is 2.10 bits per heavy atom. The first-order valence-corrected chi connectivity index (χ1v) is 7.35. The molecule has 0 spiro atoms. The van der Waals surface area contributed by atoms with Gasteiger partial charge >= 0.3 is 11.7 Å². The molecule has 1 aliphatic carbocycles. The van der Waals surface area contributed by atoms with Crippen molar-refractivity contribution in [1.29, 1.82) is 0 Å². The molecule has 1 N–H and O–H groups in total. The minimum absolute atomic E-state index is 0.427. The van der Waals surface area contributed by atoms with E-state index in [2.05, 4.69) is 0 Å². The SMILES string of the molecule is O=C(O)CN(C1CC1)S(=O)(=O)c1ccc([N+](=O)[O-])c(F)c1.